The number of aromatic nitrogens is 3. The van der Waals surface area contributed by atoms with Crippen LogP contribution in [0.25, 0.3) is 22.5 Å². The van der Waals surface area contributed by atoms with Crippen molar-refractivity contribution in [3.8, 4) is 22.5 Å². The molecule has 2 heterocycles. The molecule has 0 aliphatic carbocycles. The lowest BCUT2D eigenvalue weighted by Gasteiger charge is -2.07. The summed E-state index contributed by atoms with van der Waals surface area (Å²) in [6, 6.07) is 14.2. The van der Waals surface area contributed by atoms with Crippen molar-refractivity contribution < 1.29 is 13.2 Å². The zero-order valence-electron chi connectivity index (χ0n) is 10.7. The molecule has 3 aromatic rings. The Labute approximate surface area is 118 Å². The monoisotopic (exact) mass is 289 g/mol. The van der Waals surface area contributed by atoms with E-state index in [1.165, 1.54) is 12.3 Å². The fourth-order valence-corrected chi connectivity index (χ4v) is 2.05. The fourth-order valence-electron chi connectivity index (χ4n) is 2.05. The summed E-state index contributed by atoms with van der Waals surface area (Å²) in [5.74, 6) is 0. The smallest absolute Gasteiger partial charge is 0.254 e. The van der Waals surface area contributed by atoms with Gasteiger partial charge in [-0.15, -0.1) is 13.2 Å². The van der Waals surface area contributed by atoms with Crippen molar-refractivity contribution in [3.05, 3.63) is 60.9 Å². The number of alkyl halides is 3. The van der Waals surface area contributed by atoms with Crippen LogP contribution in [0.1, 0.15) is 0 Å². The third-order valence-electron chi connectivity index (χ3n) is 2.98. The molecule has 0 aliphatic rings. The van der Waals surface area contributed by atoms with Crippen molar-refractivity contribution in [2.45, 2.75) is 6.30 Å². The number of benzene rings is 1. The summed E-state index contributed by atoms with van der Waals surface area (Å²) in [6.45, 7) is 0. The van der Waals surface area contributed by atoms with Gasteiger partial charge in [0.25, 0.3) is 0 Å². The maximum atomic E-state index is 12.6. The first-order valence-corrected chi connectivity index (χ1v) is 6.19. The van der Waals surface area contributed by atoms with Gasteiger partial charge in [0.1, 0.15) is 5.69 Å². The van der Waals surface area contributed by atoms with Crippen molar-refractivity contribution in [1.82, 2.24) is 14.8 Å². The second-order valence-electron chi connectivity index (χ2n) is 4.38. The first-order valence-electron chi connectivity index (χ1n) is 6.19. The van der Waals surface area contributed by atoms with Crippen LogP contribution in [-0.4, -0.2) is 14.8 Å². The average Bonchev–Trinajstić information content (AvgIpc) is 2.98. The summed E-state index contributed by atoms with van der Waals surface area (Å²) in [5.41, 5.74) is 2.23. The normalized spacial score (nSPS) is 11.6. The van der Waals surface area contributed by atoms with E-state index in [4.69, 9.17) is 0 Å². The molecular formula is C15H10F3N3. The van der Waals surface area contributed by atoms with Gasteiger partial charge in [-0.25, -0.2) is 0 Å². The predicted molar refractivity (Wildman–Crippen MR) is 72.2 cm³/mol. The Morgan fingerprint density at radius 2 is 1.67 bits per heavy atom. The Morgan fingerprint density at radius 1 is 0.905 bits per heavy atom. The highest BCUT2D eigenvalue weighted by Gasteiger charge is 2.31. The molecule has 3 rings (SSSR count). The van der Waals surface area contributed by atoms with Crippen molar-refractivity contribution >= 4 is 0 Å². The van der Waals surface area contributed by atoms with E-state index in [1.54, 1.807) is 6.07 Å². The molecule has 0 saturated heterocycles. The van der Waals surface area contributed by atoms with E-state index in [2.05, 4.69) is 10.1 Å². The molecule has 0 aliphatic heterocycles. The maximum Gasteiger partial charge on any atom is 0.504 e. The minimum atomic E-state index is -4.53. The van der Waals surface area contributed by atoms with Gasteiger partial charge >= 0.3 is 6.30 Å². The molecule has 0 spiro atoms. The molecule has 0 atom stereocenters. The minimum absolute atomic E-state index is 0.0220. The van der Waals surface area contributed by atoms with Crippen molar-refractivity contribution in [1.29, 1.82) is 0 Å². The van der Waals surface area contributed by atoms with Crippen molar-refractivity contribution in [2.75, 3.05) is 0 Å². The van der Waals surface area contributed by atoms with E-state index >= 15 is 0 Å². The first kappa shape index (κ1) is 13.4. The Morgan fingerprint density at radius 3 is 2.33 bits per heavy atom. The third kappa shape index (κ3) is 2.65. The van der Waals surface area contributed by atoms with E-state index < -0.39 is 6.30 Å². The van der Waals surface area contributed by atoms with E-state index in [0.717, 1.165) is 17.3 Å². The minimum Gasteiger partial charge on any atom is -0.254 e. The number of rotatable bonds is 2. The molecule has 0 N–H and O–H groups in total. The highest BCUT2D eigenvalue weighted by Crippen LogP contribution is 2.30. The Bertz CT molecular complexity index is 748. The van der Waals surface area contributed by atoms with E-state index in [1.807, 2.05) is 36.4 Å². The Balaban J connectivity index is 2.10. The van der Waals surface area contributed by atoms with Gasteiger partial charge in [-0.05, 0) is 17.7 Å². The SMILES string of the molecule is FC(F)(F)n1ccc(-c2ncccc2-c2ccccc2)n1. The van der Waals surface area contributed by atoms with Crippen molar-refractivity contribution in [3.63, 3.8) is 0 Å². The summed E-state index contributed by atoms with van der Waals surface area (Å²) >= 11 is 0. The summed E-state index contributed by atoms with van der Waals surface area (Å²) in [6.07, 6.45) is -2.10. The number of pyridine rings is 1. The zero-order valence-corrected chi connectivity index (χ0v) is 10.7. The molecule has 106 valence electrons. The van der Waals surface area contributed by atoms with Gasteiger partial charge in [-0.2, -0.15) is 9.78 Å². The van der Waals surface area contributed by atoms with Gasteiger partial charge in [0.2, 0.25) is 0 Å². The van der Waals surface area contributed by atoms with Crippen LogP contribution in [0.2, 0.25) is 0 Å². The summed E-state index contributed by atoms with van der Waals surface area (Å²) < 4.78 is 37.8. The largest absolute Gasteiger partial charge is 0.504 e. The number of hydrogen-bond acceptors (Lipinski definition) is 2. The lowest BCUT2D eigenvalue weighted by atomic mass is 10.0. The molecule has 21 heavy (non-hydrogen) atoms. The average molecular weight is 289 g/mol. The van der Waals surface area contributed by atoms with Gasteiger partial charge in [0.05, 0.1) is 5.69 Å². The summed E-state index contributed by atoms with van der Waals surface area (Å²) in [4.78, 5) is 4.18. The van der Waals surface area contributed by atoms with Crippen LogP contribution in [0.5, 0.6) is 0 Å². The topological polar surface area (TPSA) is 30.7 Å². The van der Waals surface area contributed by atoms with E-state index in [9.17, 15) is 13.2 Å². The molecule has 6 heteroatoms. The van der Waals surface area contributed by atoms with Crippen LogP contribution in [-0.2, 0) is 6.30 Å². The number of nitrogens with zero attached hydrogens (tertiary/aromatic N) is 3. The molecule has 0 saturated carbocycles. The lowest BCUT2D eigenvalue weighted by Crippen LogP contribution is -2.17. The summed E-state index contributed by atoms with van der Waals surface area (Å²) in [5, 5.41) is 3.57. The molecule has 2 aromatic heterocycles. The van der Waals surface area contributed by atoms with Crippen LogP contribution in [0.3, 0.4) is 0 Å². The highest BCUT2D eigenvalue weighted by molar-refractivity contribution is 5.78. The van der Waals surface area contributed by atoms with Crippen LogP contribution < -0.4 is 0 Å². The second-order valence-corrected chi connectivity index (χ2v) is 4.38. The first-order chi connectivity index (χ1) is 10.1. The standard InChI is InChI=1S/C15H10F3N3/c16-15(17,18)21-10-8-13(20-21)14-12(7-4-9-19-14)11-5-2-1-3-6-11/h1-10H. The van der Waals surface area contributed by atoms with Gasteiger partial charge < -0.3 is 0 Å². The second kappa shape index (κ2) is 5.05. The number of halogens is 3. The molecule has 0 radical (unpaired) electrons. The molecule has 0 bridgehead atoms. The highest BCUT2D eigenvalue weighted by atomic mass is 19.4. The molecule has 0 amide bonds. The van der Waals surface area contributed by atoms with Crippen LogP contribution >= 0.6 is 0 Å². The maximum absolute atomic E-state index is 12.6. The predicted octanol–water partition coefficient (Wildman–Crippen LogP) is 4.09. The third-order valence-corrected chi connectivity index (χ3v) is 2.98. The van der Waals surface area contributed by atoms with Crippen LogP contribution in [0, 0.1) is 0 Å². The molecular weight excluding hydrogens is 279 g/mol. The molecule has 0 unspecified atom stereocenters. The van der Waals surface area contributed by atoms with E-state index in [0.29, 0.717) is 5.69 Å². The van der Waals surface area contributed by atoms with Crippen LogP contribution in [0.4, 0.5) is 13.2 Å². The molecule has 0 fully saturated rings. The van der Waals surface area contributed by atoms with Gasteiger partial charge in [0.15, 0.2) is 0 Å². The zero-order chi connectivity index (χ0) is 14.9. The number of hydrogen-bond donors (Lipinski definition) is 0. The van der Waals surface area contributed by atoms with Crippen molar-refractivity contribution in [2.24, 2.45) is 0 Å². The van der Waals surface area contributed by atoms with Gasteiger partial charge in [-0.3, -0.25) is 4.98 Å². The van der Waals surface area contributed by atoms with E-state index in [-0.39, 0.29) is 10.4 Å². The van der Waals surface area contributed by atoms with Crippen LogP contribution in [0.15, 0.2) is 60.9 Å². The molecule has 1 aromatic carbocycles. The van der Waals surface area contributed by atoms with Gasteiger partial charge in [-0.1, -0.05) is 36.4 Å². The van der Waals surface area contributed by atoms with Gasteiger partial charge in [0, 0.05) is 18.0 Å². The Hall–Kier alpha value is -2.63. The molecule has 3 nitrogen and oxygen atoms in total. The quantitative estimate of drug-likeness (QED) is 0.711. The summed E-state index contributed by atoms with van der Waals surface area (Å²) in [7, 11) is 0. The fraction of sp³-hybridized carbons (Fsp3) is 0.0667. The lowest BCUT2D eigenvalue weighted by molar-refractivity contribution is -0.212. The Kier molecular flexibility index (Phi) is 3.21.